The van der Waals surface area contributed by atoms with Gasteiger partial charge in [0.05, 0.1) is 23.2 Å². The van der Waals surface area contributed by atoms with Crippen molar-refractivity contribution in [2.24, 2.45) is 0 Å². The van der Waals surface area contributed by atoms with Crippen molar-refractivity contribution < 1.29 is 24.0 Å². The Bertz CT molecular complexity index is 905. The van der Waals surface area contributed by atoms with Crippen molar-refractivity contribution in [2.45, 2.75) is 0 Å². The molecule has 2 aromatic carbocycles. The molecule has 0 saturated carbocycles. The first-order valence-electron chi connectivity index (χ1n) is 7.50. The van der Waals surface area contributed by atoms with E-state index >= 15 is 0 Å². The summed E-state index contributed by atoms with van der Waals surface area (Å²) >= 11 is 0. The largest absolute Gasteiger partial charge is 0.490 e. The molecule has 1 N–H and O–H groups in total. The monoisotopic (exact) mass is 355 g/mol. The molecule has 0 atom stereocenters. The zero-order valence-electron chi connectivity index (χ0n) is 13.6. The molecule has 3 rings (SSSR count). The quantitative estimate of drug-likeness (QED) is 0.496. The summed E-state index contributed by atoms with van der Waals surface area (Å²) in [5.74, 6) is -1.71. The molecule has 0 saturated heterocycles. The van der Waals surface area contributed by atoms with Crippen LogP contribution in [0.5, 0.6) is 5.75 Å². The molecule has 0 bridgehead atoms. The van der Waals surface area contributed by atoms with Gasteiger partial charge in [-0.05, 0) is 24.3 Å². The fourth-order valence-corrected chi connectivity index (χ4v) is 2.64. The summed E-state index contributed by atoms with van der Waals surface area (Å²) in [6.45, 7) is -0.494. The van der Waals surface area contributed by atoms with Crippen molar-refractivity contribution in [3.05, 3.63) is 63.7 Å². The minimum absolute atomic E-state index is 0.0494. The molecule has 9 heteroatoms. The van der Waals surface area contributed by atoms with Crippen LogP contribution in [0, 0.1) is 10.1 Å². The van der Waals surface area contributed by atoms with Gasteiger partial charge in [-0.1, -0.05) is 12.1 Å². The molecule has 9 nitrogen and oxygen atoms in total. The van der Waals surface area contributed by atoms with Gasteiger partial charge in [0.1, 0.15) is 6.54 Å². The molecule has 0 aromatic heterocycles. The molecule has 1 aliphatic heterocycles. The van der Waals surface area contributed by atoms with Gasteiger partial charge in [0.2, 0.25) is 5.91 Å². The highest BCUT2D eigenvalue weighted by Crippen LogP contribution is 2.29. The molecule has 0 radical (unpaired) electrons. The number of carbonyl (C=O) groups excluding carboxylic acids is 3. The Balaban J connectivity index is 1.74. The standard InChI is InChI=1S/C17H13N3O6/c1-26-14-7-6-10(8-13(14)20(24)25)18-15(21)9-19-16(22)11-4-2-3-5-12(11)17(19)23/h2-8H,9H2,1H3,(H,18,21). The molecular weight excluding hydrogens is 342 g/mol. The fourth-order valence-electron chi connectivity index (χ4n) is 2.64. The molecule has 26 heavy (non-hydrogen) atoms. The van der Waals surface area contributed by atoms with Crippen molar-refractivity contribution in [1.82, 2.24) is 4.90 Å². The van der Waals surface area contributed by atoms with Crippen LogP contribution in [0.25, 0.3) is 0 Å². The van der Waals surface area contributed by atoms with Crippen LogP contribution in [0.4, 0.5) is 11.4 Å². The highest BCUT2D eigenvalue weighted by Gasteiger charge is 2.36. The summed E-state index contributed by atoms with van der Waals surface area (Å²) < 4.78 is 4.89. The lowest BCUT2D eigenvalue weighted by Gasteiger charge is -2.13. The molecule has 0 fully saturated rings. The summed E-state index contributed by atoms with van der Waals surface area (Å²) in [5, 5.41) is 13.5. The summed E-state index contributed by atoms with van der Waals surface area (Å²) in [5.41, 5.74) is 0.320. The van der Waals surface area contributed by atoms with Crippen LogP contribution < -0.4 is 10.1 Å². The number of nitrogens with one attached hydrogen (secondary N) is 1. The lowest BCUT2D eigenvalue weighted by Crippen LogP contribution is -2.37. The molecule has 132 valence electrons. The van der Waals surface area contributed by atoms with Crippen LogP contribution in [0.3, 0.4) is 0 Å². The van der Waals surface area contributed by atoms with E-state index in [4.69, 9.17) is 4.74 Å². The van der Waals surface area contributed by atoms with Crippen LogP contribution in [0.2, 0.25) is 0 Å². The minimum atomic E-state index is -0.654. The summed E-state index contributed by atoms with van der Waals surface area (Å²) in [6, 6.07) is 10.2. The number of carbonyl (C=O) groups is 3. The summed E-state index contributed by atoms with van der Waals surface area (Å²) in [6.07, 6.45) is 0. The van der Waals surface area contributed by atoms with E-state index in [0.717, 1.165) is 11.0 Å². The van der Waals surface area contributed by atoms with Gasteiger partial charge >= 0.3 is 5.69 Å². The number of ether oxygens (including phenoxy) is 1. The number of amides is 3. The number of anilines is 1. The van der Waals surface area contributed by atoms with Crippen molar-refractivity contribution in [3.63, 3.8) is 0 Å². The van der Waals surface area contributed by atoms with Gasteiger partial charge in [-0.15, -0.1) is 0 Å². The first-order valence-corrected chi connectivity index (χ1v) is 7.50. The minimum Gasteiger partial charge on any atom is -0.490 e. The van der Waals surface area contributed by atoms with Gasteiger partial charge in [0, 0.05) is 11.8 Å². The number of rotatable bonds is 5. The lowest BCUT2D eigenvalue weighted by atomic mass is 10.1. The fraction of sp³-hybridized carbons (Fsp3) is 0.118. The number of nitro groups is 1. The molecule has 0 unspecified atom stereocenters. The van der Waals surface area contributed by atoms with Crippen molar-refractivity contribution in [1.29, 1.82) is 0 Å². The number of benzene rings is 2. The molecule has 0 aliphatic carbocycles. The number of hydrogen-bond donors (Lipinski definition) is 1. The third-order valence-corrected chi connectivity index (χ3v) is 3.84. The maximum atomic E-state index is 12.2. The second kappa shape index (κ2) is 6.63. The van der Waals surface area contributed by atoms with Crippen LogP contribution in [-0.4, -0.2) is 41.2 Å². The highest BCUT2D eigenvalue weighted by molar-refractivity contribution is 6.22. The molecule has 2 aromatic rings. The van der Waals surface area contributed by atoms with E-state index in [-0.39, 0.29) is 28.3 Å². The number of imide groups is 1. The van der Waals surface area contributed by atoms with E-state index in [0.29, 0.717) is 0 Å². The van der Waals surface area contributed by atoms with Crippen molar-refractivity contribution in [3.8, 4) is 5.75 Å². The number of nitrogens with zero attached hydrogens (tertiary/aromatic N) is 2. The van der Waals surface area contributed by atoms with E-state index < -0.39 is 29.2 Å². The van der Waals surface area contributed by atoms with E-state index in [1.807, 2.05) is 0 Å². The number of fused-ring (bicyclic) bond motifs is 1. The van der Waals surface area contributed by atoms with Gasteiger partial charge in [0.15, 0.2) is 5.75 Å². The zero-order valence-corrected chi connectivity index (χ0v) is 13.6. The lowest BCUT2D eigenvalue weighted by molar-refractivity contribution is -0.385. The smallest absolute Gasteiger partial charge is 0.312 e. The van der Waals surface area contributed by atoms with Gasteiger partial charge in [0.25, 0.3) is 11.8 Å². The molecule has 3 amide bonds. The van der Waals surface area contributed by atoms with E-state index in [2.05, 4.69) is 5.32 Å². The van der Waals surface area contributed by atoms with Crippen molar-refractivity contribution in [2.75, 3.05) is 19.0 Å². The predicted octanol–water partition coefficient (Wildman–Crippen LogP) is 1.84. The number of nitro benzene ring substituents is 1. The first-order chi connectivity index (χ1) is 12.4. The van der Waals surface area contributed by atoms with Crippen LogP contribution >= 0.6 is 0 Å². The van der Waals surface area contributed by atoms with Gasteiger partial charge < -0.3 is 10.1 Å². The topological polar surface area (TPSA) is 119 Å². The highest BCUT2D eigenvalue weighted by atomic mass is 16.6. The molecular formula is C17H13N3O6. The van der Waals surface area contributed by atoms with Gasteiger partial charge in [-0.25, -0.2) is 0 Å². The molecule has 1 aliphatic rings. The zero-order chi connectivity index (χ0) is 18.8. The Hall–Kier alpha value is -3.75. The Morgan fingerprint density at radius 3 is 2.31 bits per heavy atom. The molecule has 1 heterocycles. The van der Waals surface area contributed by atoms with E-state index in [9.17, 15) is 24.5 Å². The third kappa shape index (κ3) is 2.97. The maximum absolute atomic E-state index is 12.2. The Kier molecular flexibility index (Phi) is 4.36. The second-order valence-electron chi connectivity index (χ2n) is 5.43. The predicted molar refractivity (Wildman–Crippen MR) is 90.1 cm³/mol. The average molecular weight is 355 g/mol. The van der Waals surface area contributed by atoms with E-state index in [1.54, 1.807) is 12.1 Å². The van der Waals surface area contributed by atoms with Crippen molar-refractivity contribution >= 4 is 29.1 Å². The second-order valence-corrected chi connectivity index (χ2v) is 5.43. The summed E-state index contributed by atoms with van der Waals surface area (Å²) in [7, 11) is 1.29. The Morgan fingerprint density at radius 2 is 1.77 bits per heavy atom. The van der Waals surface area contributed by atoms with Crippen LogP contribution in [-0.2, 0) is 4.79 Å². The third-order valence-electron chi connectivity index (χ3n) is 3.84. The SMILES string of the molecule is COc1ccc(NC(=O)CN2C(=O)c3ccccc3C2=O)cc1[N+](=O)[O-]. The normalized spacial score (nSPS) is 12.7. The maximum Gasteiger partial charge on any atom is 0.312 e. The van der Waals surface area contributed by atoms with Crippen LogP contribution in [0.15, 0.2) is 42.5 Å². The number of methoxy groups -OCH3 is 1. The van der Waals surface area contributed by atoms with Gasteiger partial charge in [-0.3, -0.25) is 29.4 Å². The average Bonchev–Trinajstić information content (AvgIpc) is 2.87. The summed E-state index contributed by atoms with van der Waals surface area (Å²) in [4.78, 5) is 47.9. The van der Waals surface area contributed by atoms with Crippen LogP contribution in [0.1, 0.15) is 20.7 Å². The Labute approximate surface area is 147 Å². The van der Waals surface area contributed by atoms with Gasteiger partial charge in [-0.2, -0.15) is 0 Å². The first kappa shape index (κ1) is 17.1. The molecule has 0 spiro atoms. The Morgan fingerprint density at radius 1 is 1.15 bits per heavy atom. The number of hydrogen-bond acceptors (Lipinski definition) is 6. The van der Waals surface area contributed by atoms with E-state index in [1.165, 1.54) is 31.4 Å².